The molecule has 3 aromatic rings. The molecule has 3 rings (SSSR count). The predicted molar refractivity (Wildman–Crippen MR) is 164 cm³/mol. The maximum Gasteiger partial charge on any atom is 0.264 e. The van der Waals surface area contributed by atoms with Crippen LogP contribution in [0.15, 0.2) is 83.8 Å². The molecule has 0 fully saturated rings. The third-order valence-electron chi connectivity index (χ3n) is 6.63. The fourth-order valence-electron chi connectivity index (χ4n) is 4.44. The van der Waals surface area contributed by atoms with E-state index >= 15 is 0 Å². The number of amides is 2. The van der Waals surface area contributed by atoms with Crippen LogP contribution in [0.25, 0.3) is 0 Å². The molecule has 0 aliphatic heterocycles. The van der Waals surface area contributed by atoms with Gasteiger partial charge in [-0.2, -0.15) is 0 Å². The van der Waals surface area contributed by atoms with Gasteiger partial charge in [0.1, 0.15) is 24.1 Å². The van der Waals surface area contributed by atoms with Gasteiger partial charge in [0, 0.05) is 13.1 Å². The van der Waals surface area contributed by atoms with Gasteiger partial charge in [-0.05, 0) is 61.2 Å². The molecule has 0 spiro atoms. The Morgan fingerprint density at radius 1 is 0.905 bits per heavy atom. The third kappa shape index (κ3) is 8.25. The van der Waals surface area contributed by atoms with Crippen molar-refractivity contribution in [2.24, 2.45) is 5.92 Å². The van der Waals surface area contributed by atoms with Gasteiger partial charge in [0.15, 0.2) is 0 Å². The molecule has 0 aliphatic carbocycles. The van der Waals surface area contributed by atoms with Crippen molar-refractivity contribution in [1.82, 2.24) is 10.2 Å². The molecule has 0 aliphatic rings. The molecule has 0 saturated heterocycles. The Balaban J connectivity index is 2.08. The third-order valence-corrected chi connectivity index (χ3v) is 8.40. The van der Waals surface area contributed by atoms with Crippen molar-refractivity contribution >= 4 is 27.5 Å². The van der Waals surface area contributed by atoms with Crippen LogP contribution in [0.2, 0.25) is 0 Å². The van der Waals surface area contributed by atoms with Crippen LogP contribution in [0, 0.1) is 5.92 Å². The molecule has 42 heavy (non-hydrogen) atoms. The van der Waals surface area contributed by atoms with Crippen molar-refractivity contribution in [3.05, 3.63) is 84.4 Å². The van der Waals surface area contributed by atoms with Gasteiger partial charge in [-0.1, -0.05) is 63.2 Å². The van der Waals surface area contributed by atoms with E-state index in [4.69, 9.17) is 9.47 Å². The van der Waals surface area contributed by atoms with Crippen LogP contribution < -0.4 is 19.1 Å². The molecule has 9 nitrogen and oxygen atoms in total. The summed E-state index contributed by atoms with van der Waals surface area (Å²) in [6.45, 7) is 7.94. The Morgan fingerprint density at radius 2 is 1.55 bits per heavy atom. The van der Waals surface area contributed by atoms with Gasteiger partial charge >= 0.3 is 0 Å². The minimum Gasteiger partial charge on any atom is -0.497 e. The number of carbonyl (C=O) groups is 2. The summed E-state index contributed by atoms with van der Waals surface area (Å²) in [6, 6.07) is 21.0. The van der Waals surface area contributed by atoms with E-state index in [1.165, 1.54) is 17.0 Å². The van der Waals surface area contributed by atoms with E-state index in [9.17, 15) is 18.0 Å². The fraction of sp³-hybridized carbons (Fsp3) is 0.375. The topological polar surface area (TPSA) is 105 Å². The van der Waals surface area contributed by atoms with Crippen molar-refractivity contribution in [3.8, 4) is 11.5 Å². The van der Waals surface area contributed by atoms with E-state index in [-0.39, 0.29) is 29.0 Å². The van der Waals surface area contributed by atoms with Crippen LogP contribution >= 0.6 is 0 Å². The molecule has 1 atom stereocenters. The molecule has 10 heteroatoms. The Bertz CT molecular complexity index is 1410. The highest BCUT2D eigenvalue weighted by molar-refractivity contribution is 7.92. The molecule has 0 saturated carbocycles. The van der Waals surface area contributed by atoms with Crippen LogP contribution in [0.4, 0.5) is 5.69 Å². The summed E-state index contributed by atoms with van der Waals surface area (Å²) in [6.07, 6.45) is 0.340. The summed E-state index contributed by atoms with van der Waals surface area (Å²) in [5.74, 6) is 0.393. The Kier molecular flexibility index (Phi) is 11.8. The first kappa shape index (κ1) is 32.5. The first-order chi connectivity index (χ1) is 20.1. The first-order valence-electron chi connectivity index (χ1n) is 14.1. The molecule has 1 unspecified atom stereocenters. The summed E-state index contributed by atoms with van der Waals surface area (Å²) < 4.78 is 40.2. The highest BCUT2D eigenvalue weighted by Crippen LogP contribution is 2.33. The van der Waals surface area contributed by atoms with Gasteiger partial charge in [0.05, 0.1) is 24.3 Å². The van der Waals surface area contributed by atoms with E-state index in [0.29, 0.717) is 31.1 Å². The number of nitrogens with one attached hydrogen (secondary N) is 1. The van der Waals surface area contributed by atoms with Crippen molar-refractivity contribution in [1.29, 1.82) is 0 Å². The molecule has 0 radical (unpaired) electrons. The minimum atomic E-state index is -4.19. The lowest BCUT2D eigenvalue weighted by Gasteiger charge is -2.33. The zero-order valence-electron chi connectivity index (χ0n) is 24.9. The predicted octanol–water partition coefficient (Wildman–Crippen LogP) is 4.87. The van der Waals surface area contributed by atoms with E-state index in [1.54, 1.807) is 68.6 Å². The van der Waals surface area contributed by atoms with Gasteiger partial charge in [0.25, 0.3) is 10.0 Å². The number of carbonyl (C=O) groups excluding carboxylic acids is 2. The fourth-order valence-corrected chi connectivity index (χ4v) is 5.89. The summed E-state index contributed by atoms with van der Waals surface area (Å²) in [5.41, 5.74) is 1.00. The lowest BCUT2D eigenvalue weighted by molar-refractivity contribution is -0.140. The molecule has 0 heterocycles. The largest absolute Gasteiger partial charge is 0.497 e. The van der Waals surface area contributed by atoms with Crippen LogP contribution in [0.1, 0.15) is 39.7 Å². The number of benzene rings is 3. The Labute approximate surface area is 249 Å². The van der Waals surface area contributed by atoms with Crippen molar-refractivity contribution in [3.63, 3.8) is 0 Å². The van der Waals surface area contributed by atoms with E-state index in [1.807, 2.05) is 32.9 Å². The molecule has 0 bridgehead atoms. The smallest absolute Gasteiger partial charge is 0.264 e. The lowest BCUT2D eigenvalue weighted by Crippen LogP contribution is -2.52. The maximum absolute atomic E-state index is 14.2. The number of methoxy groups -OCH3 is 1. The zero-order valence-corrected chi connectivity index (χ0v) is 25.8. The van der Waals surface area contributed by atoms with Gasteiger partial charge < -0.3 is 19.7 Å². The molecule has 2 amide bonds. The number of anilines is 1. The minimum absolute atomic E-state index is 0.0347. The van der Waals surface area contributed by atoms with Gasteiger partial charge in [-0.3, -0.25) is 13.9 Å². The van der Waals surface area contributed by atoms with Gasteiger partial charge in [0.2, 0.25) is 11.8 Å². The van der Waals surface area contributed by atoms with Crippen LogP contribution in [0.5, 0.6) is 11.5 Å². The number of nitrogens with zero attached hydrogens (tertiary/aromatic N) is 2. The van der Waals surface area contributed by atoms with Crippen molar-refractivity contribution in [2.75, 3.05) is 31.1 Å². The van der Waals surface area contributed by atoms with Crippen LogP contribution in [-0.2, 0) is 26.2 Å². The monoisotopic (exact) mass is 595 g/mol. The van der Waals surface area contributed by atoms with E-state index < -0.39 is 28.5 Å². The van der Waals surface area contributed by atoms with Crippen LogP contribution in [-0.4, -0.2) is 58.0 Å². The Hall–Kier alpha value is -4.05. The summed E-state index contributed by atoms with van der Waals surface area (Å²) in [7, 11) is -2.62. The highest BCUT2D eigenvalue weighted by atomic mass is 32.2. The lowest BCUT2D eigenvalue weighted by atomic mass is 10.1. The van der Waals surface area contributed by atoms with Gasteiger partial charge in [-0.25, -0.2) is 8.42 Å². The normalized spacial score (nSPS) is 12.0. The molecule has 1 N–H and O–H groups in total. The van der Waals surface area contributed by atoms with Crippen molar-refractivity contribution < 1.29 is 27.5 Å². The second kappa shape index (κ2) is 15.3. The molecular formula is C32H41N3O6S. The van der Waals surface area contributed by atoms with E-state index in [0.717, 1.165) is 9.87 Å². The average molecular weight is 596 g/mol. The maximum atomic E-state index is 14.2. The average Bonchev–Trinajstić information content (AvgIpc) is 2.99. The van der Waals surface area contributed by atoms with Gasteiger partial charge in [-0.15, -0.1) is 0 Å². The number of hydrogen-bond donors (Lipinski definition) is 1. The summed E-state index contributed by atoms with van der Waals surface area (Å²) >= 11 is 0. The SMILES string of the molecule is CCOc1ccccc1N(CC(=O)N(Cc1ccc(OC)cc1)C(CC)C(=O)NCC(C)C)S(=O)(=O)c1ccccc1. The first-order valence-corrected chi connectivity index (χ1v) is 15.6. The highest BCUT2D eigenvalue weighted by Gasteiger charge is 2.34. The molecular weight excluding hydrogens is 554 g/mol. The number of hydrogen-bond acceptors (Lipinski definition) is 6. The van der Waals surface area contributed by atoms with E-state index in [2.05, 4.69) is 5.32 Å². The van der Waals surface area contributed by atoms with Crippen LogP contribution in [0.3, 0.4) is 0 Å². The molecule has 226 valence electrons. The number of sulfonamides is 1. The summed E-state index contributed by atoms with van der Waals surface area (Å²) in [5, 5.41) is 2.93. The quantitative estimate of drug-likeness (QED) is 0.269. The molecule has 3 aromatic carbocycles. The second-order valence-electron chi connectivity index (χ2n) is 10.2. The number of ether oxygens (including phenoxy) is 2. The number of rotatable bonds is 15. The zero-order chi connectivity index (χ0) is 30.7. The number of para-hydroxylation sites is 2. The second-order valence-corrected chi connectivity index (χ2v) is 12.0. The van der Waals surface area contributed by atoms with Crippen molar-refractivity contribution in [2.45, 2.75) is 51.6 Å². The standard InChI is InChI=1S/C32H41N3O6S/c1-6-28(32(37)33-21-24(3)4)34(22-25-17-19-26(40-5)20-18-25)31(36)23-35(29-15-11-12-16-30(29)41-7-2)42(38,39)27-13-9-8-10-14-27/h8-20,24,28H,6-7,21-23H2,1-5H3,(H,33,37). The molecule has 0 aromatic heterocycles. The summed E-state index contributed by atoms with van der Waals surface area (Å²) in [4.78, 5) is 29.1. The Morgan fingerprint density at radius 3 is 2.14 bits per heavy atom.